The van der Waals surface area contributed by atoms with Crippen molar-refractivity contribution >= 4 is 17.6 Å². The minimum absolute atomic E-state index is 0.0333. The van der Waals surface area contributed by atoms with E-state index in [4.69, 9.17) is 9.84 Å². The van der Waals surface area contributed by atoms with Crippen LogP contribution in [0.5, 0.6) is 0 Å². The highest BCUT2D eigenvalue weighted by Crippen LogP contribution is 2.29. The van der Waals surface area contributed by atoms with Crippen LogP contribution in [-0.4, -0.2) is 36.7 Å². The SMILES string of the molecule is CCOCCCC(=O)N1CCc2ccc(C(=O)O)cc21. The van der Waals surface area contributed by atoms with Crippen LogP contribution in [0.15, 0.2) is 18.2 Å². The standard InChI is InChI=1S/C15H19NO4/c1-2-20-9-3-4-14(17)16-8-7-11-5-6-12(15(18)19)10-13(11)16/h5-6,10H,2-4,7-9H2,1H3,(H,18,19). The average molecular weight is 277 g/mol. The summed E-state index contributed by atoms with van der Waals surface area (Å²) in [5.74, 6) is -0.936. The molecule has 0 spiro atoms. The van der Waals surface area contributed by atoms with E-state index in [2.05, 4.69) is 0 Å². The molecule has 1 aromatic rings. The molecule has 0 saturated carbocycles. The van der Waals surface area contributed by atoms with E-state index >= 15 is 0 Å². The van der Waals surface area contributed by atoms with Crippen molar-refractivity contribution < 1.29 is 19.4 Å². The monoisotopic (exact) mass is 277 g/mol. The van der Waals surface area contributed by atoms with Crippen LogP contribution in [0.25, 0.3) is 0 Å². The number of benzene rings is 1. The third-order valence-electron chi connectivity index (χ3n) is 3.41. The third kappa shape index (κ3) is 3.17. The van der Waals surface area contributed by atoms with Gasteiger partial charge >= 0.3 is 5.97 Å². The highest BCUT2D eigenvalue weighted by Gasteiger charge is 2.25. The Labute approximate surface area is 118 Å². The summed E-state index contributed by atoms with van der Waals surface area (Å²) in [6, 6.07) is 4.97. The molecule has 1 N–H and O–H groups in total. The van der Waals surface area contributed by atoms with E-state index < -0.39 is 5.97 Å². The second kappa shape index (κ2) is 6.52. The number of carboxylic acids is 1. The number of hydrogen-bond donors (Lipinski definition) is 1. The summed E-state index contributed by atoms with van der Waals surface area (Å²) in [5.41, 5.74) is 2.00. The maximum atomic E-state index is 12.2. The smallest absolute Gasteiger partial charge is 0.335 e. The summed E-state index contributed by atoms with van der Waals surface area (Å²) >= 11 is 0. The van der Waals surface area contributed by atoms with Crippen molar-refractivity contribution in [3.63, 3.8) is 0 Å². The highest BCUT2D eigenvalue weighted by atomic mass is 16.5. The van der Waals surface area contributed by atoms with E-state index in [-0.39, 0.29) is 11.5 Å². The van der Waals surface area contributed by atoms with Gasteiger partial charge in [-0.3, -0.25) is 4.79 Å². The predicted molar refractivity (Wildman–Crippen MR) is 75.2 cm³/mol. The predicted octanol–water partition coefficient (Wildman–Crippen LogP) is 2.09. The van der Waals surface area contributed by atoms with Crippen LogP contribution in [-0.2, 0) is 16.0 Å². The zero-order valence-corrected chi connectivity index (χ0v) is 11.6. The Morgan fingerprint density at radius 1 is 1.40 bits per heavy atom. The number of rotatable bonds is 6. The highest BCUT2D eigenvalue weighted by molar-refractivity contribution is 5.97. The van der Waals surface area contributed by atoms with Gasteiger partial charge in [0.15, 0.2) is 0 Å². The van der Waals surface area contributed by atoms with Gasteiger partial charge in [-0.1, -0.05) is 6.07 Å². The molecule has 108 valence electrons. The lowest BCUT2D eigenvalue weighted by Gasteiger charge is -2.17. The number of anilines is 1. The molecule has 5 nitrogen and oxygen atoms in total. The quantitative estimate of drug-likeness (QED) is 0.808. The number of fused-ring (bicyclic) bond motifs is 1. The van der Waals surface area contributed by atoms with Gasteiger partial charge in [-0.05, 0) is 37.5 Å². The summed E-state index contributed by atoms with van der Waals surface area (Å²) < 4.78 is 5.22. The number of hydrogen-bond acceptors (Lipinski definition) is 3. The lowest BCUT2D eigenvalue weighted by atomic mass is 10.1. The second-order valence-corrected chi connectivity index (χ2v) is 4.74. The molecule has 0 aromatic heterocycles. The van der Waals surface area contributed by atoms with Crippen molar-refractivity contribution in [1.29, 1.82) is 0 Å². The molecule has 0 radical (unpaired) electrons. The van der Waals surface area contributed by atoms with Gasteiger partial charge < -0.3 is 14.7 Å². The summed E-state index contributed by atoms with van der Waals surface area (Å²) in [7, 11) is 0. The summed E-state index contributed by atoms with van der Waals surface area (Å²) in [4.78, 5) is 24.9. The number of ether oxygens (including phenoxy) is 1. The molecule has 0 atom stereocenters. The molecule has 0 fully saturated rings. The van der Waals surface area contributed by atoms with Crippen LogP contribution in [0.2, 0.25) is 0 Å². The van der Waals surface area contributed by atoms with Crippen molar-refractivity contribution in [2.24, 2.45) is 0 Å². The summed E-state index contributed by atoms with van der Waals surface area (Å²) in [6.45, 7) is 3.79. The van der Waals surface area contributed by atoms with E-state index in [1.54, 1.807) is 23.1 Å². The lowest BCUT2D eigenvalue weighted by molar-refractivity contribution is -0.118. The Kier molecular flexibility index (Phi) is 4.74. The first kappa shape index (κ1) is 14.5. The first-order valence-electron chi connectivity index (χ1n) is 6.87. The molecular weight excluding hydrogens is 258 g/mol. The minimum atomic E-state index is -0.969. The zero-order valence-electron chi connectivity index (χ0n) is 11.6. The zero-order chi connectivity index (χ0) is 14.5. The van der Waals surface area contributed by atoms with Gasteiger partial charge in [0.25, 0.3) is 0 Å². The lowest BCUT2D eigenvalue weighted by Crippen LogP contribution is -2.29. The molecule has 20 heavy (non-hydrogen) atoms. The van der Waals surface area contributed by atoms with E-state index in [1.165, 1.54) is 0 Å². The van der Waals surface area contributed by atoms with Crippen molar-refractivity contribution in [3.8, 4) is 0 Å². The Morgan fingerprint density at radius 3 is 2.90 bits per heavy atom. The molecule has 2 rings (SSSR count). The van der Waals surface area contributed by atoms with Crippen molar-refractivity contribution in [3.05, 3.63) is 29.3 Å². The third-order valence-corrected chi connectivity index (χ3v) is 3.41. The Hall–Kier alpha value is -1.88. The average Bonchev–Trinajstić information content (AvgIpc) is 2.86. The van der Waals surface area contributed by atoms with Gasteiger partial charge in [-0.25, -0.2) is 4.79 Å². The van der Waals surface area contributed by atoms with E-state index in [0.29, 0.717) is 32.6 Å². The van der Waals surface area contributed by atoms with Gasteiger partial charge in [0, 0.05) is 31.9 Å². The molecule has 0 bridgehead atoms. The van der Waals surface area contributed by atoms with Crippen LogP contribution >= 0.6 is 0 Å². The van der Waals surface area contributed by atoms with E-state index in [9.17, 15) is 9.59 Å². The molecular formula is C15H19NO4. The van der Waals surface area contributed by atoms with Crippen LogP contribution in [0.4, 0.5) is 5.69 Å². The Balaban J connectivity index is 2.04. The number of nitrogens with zero attached hydrogens (tertiary/aromatic N) is 1. The van der Waals surface area contributed by atoms with Crippen molar-refractivity contribution in [2.75, 3.05) is 24.7 Å². The molecule has 1 amide bonds. The molecule has 1 aromatic carbocycles. The van der Waals surface area contributed by atoms with E-state index in [1.807, 2.05) is 6.92 Å². The Morgan fingerprint density at radius 2 is 2.20 bits per heavy atom. The van der Waals surface area contributed by atoms with Crippen LogP contribution < -0.4 is 4.90 Å². The van der Waals surface area contributed by atoms with Crippen LogP contribution in [0.3, 0.4) is 0 Å². The molecule has 0 unspecified atom stereocenters. The Bertz CT molecular complexity index is 513. The first-order valence-corrected chi connectivity index (χ1v) is 6.87. The van der Waals surface area contributed by atoms with Crippen molar-refractivity contribution in [1.82, 2.24) is 0 Å². The minimum Gasteiger partial charge on any atom is -0.478 e. The molecule has 1 aliphatic heterocycles. The number of carbonyl (C=O) groups is 2. The fourth-order valence-electron chi connectivity index (χ4n) is 2.38. The first-order chi connectivity index (χ1) is 9.63. The molecule has 1 heterocycles. The molecule has 0 aliphatic carbocycles. The number of carboxylic acid groups (broad SMARTS) is 1. The molecule has 0 saturated heterocycles. The number of amides is 1. The van der Waals surface area contributed by atoms with Gasteiger partial charge in [0.05, 0.1) is 5.56 Å². The maximum absolute atomic E-state index is 12.2. The summed E-state index contributed by atoms with van der Waals surface area (Å²) in [5, 5.41) is 9.02. The van der Waals surface area contributed by atoms with E-state index in [0.717, 1.165) is 17.7 Å². The topological polar surface area (TPSA) is 66.8 Å². The van der Waals surface area contributed by atoms with Gasteiger partial charge in [-0.2, -0.15) is 0 Å². The summed E-state index contributed by atoms with van der Waals surface area (Å²) in [6.07, 6.45) is 1.90. The van der Waals surface area contributed by atoms with Crippen LogP contribution in [0, 0.1) is 0 Å². The second-order valence-electron chi connectivity index (χ2n) is 4.74. The van der Waals surface area contributed by atoms with Crippen LogP contribution in [0.1, 0.15) is 35.7 Å². The molecule has 1 aliphatic rings. The normalized spacial score (nSPS) is 13.3. The largest absolute Gasteiger partial charge is 0.478 e. The molecule has 5 heteroatoms. The van der Waals surface area contributed by atoms with Gasteiger partial charge in [0.2, 0.25) is 5.91 Å². The number of carbonyl (C=O) groups excluding carboxylic acids is 1. The van der Waals surface area contributed by atoms with Gasteiger partial charge in [-0.15, -0.1) is 0 Å². The fourth-order valence-corrected chi connectivity index (χ4v) is 2.38. The fraction of sp³-hybridized carbons (Fsp3) is 0.467. The maximum Gasteiger partial charge on any atom is 0.335 e. The number of aromatic carboxylic acids is 1. The van der Waals surface area contributed by atoms with Gasteiger partial charge in [0.1, 0.15) is 0 Å². The van der Waals surface area contributed by atoms with Crippen molar-refractivity contribution in [2.45, 2.75) is 26.2 Å².